The van der Waals surface area contributed by atoms with Crippen molar-refractivity contribution < 1.29 is 51.0 Å². The van der Waals surface area contributed by atoms with Crippen molar-refractivity contribution in [3.63, 3.8) is 0 Å². The van der Waals surface area contributed by atoms with Crippen molar-refractivity contribution in [1.29, 1.82) is 0 Å². The molecule has 0 aromatic rings. The van der Waals surface area contributed by atoms with Crippen LogP contribution >= 0.6 is 0 Å². The molecule has 0 bridgehead atoms. The third-order valence-corrected chi connectivity index (χ3v) is 9.31. The molecule has 0 aromatic heterocycles. The monoisotopic (exact) mass is 404 g/mol. The summed E-state index contributed by atoms with van der Waals surface area (Å²) in [5.41, 5.74) is 7.61. The molecule has 0 saturated carbocycles. The van der Waals surface area contributed by atoms with Gasteiger partial charge in [0.15, 0.2) is 0 Å². The first-order valence-electron chi connectivity index (χ1n) is 6.57. The summed E-state index contributed by atoms with van der Waals surface area (Å²) >= 11 is 0. The minimum Gasteiger partial charge on any atom is -1.00 e. The molecule has 110 valence electrons. The van der Waals surface area contributed by atoms with Gasteiger partial charge in [0, 0.05) is 0 Å². The SMILES string of the molecule is CC1=C(C)C([Si](C)(C)C2C=CC(C)=C2C)C=C1.[Cl-].[Cl-].[Zr+2]. The van der Waals surface area contributed by atoms with E-state index in [1.165, 1.54) is 11.1 Å². The maximum Gasteiger partial charge on any atom is 2.00 e. The molecule has 4 heteroatoms. The van der Waals surface area contributed by atoms with Crippen LogP contribution in [-0.2, 0) is 26.2 Å². The topological polar surface area (TPSA) is 0 Å². The third kappa shape index (κ3) is 3.88. The smallest absolute Gasteiger partial charge is 1.00 e. The van der Waals surface area contributed by atoms with Crippen LogP contribution in [0.2, 0.25) is 24.2 Å². The molecule has 2 aliphatic carbocycles. The number of hydrogen-bond donors (Lipinski definition) is 0. The predicted molar refractivity (Wildman–Crippen MR) is 80.0 cm³/mol. The van der Waals surface area contributed by atoms with Gasteiger partial charge in [0.05, 0.1) is 8.07 Å². The van der Waals surface area contributed by atoms with Crippen molar-refractivity contribution >= 4 is 8.07 Å². The first-order chi connectivity index (χ1) is 7.85. The Bertz CT molecular complexity index is 431. The summed E-state index contributed by atoms with van der Waals surface area (Å²) in [5.74, 6) is 0. The Morgan fingerprint density at radius 1 is 0.750 bits per heavy atom. The second-order valence-corrected chi connectivity index (χ2v) is 11.1. The van der Waals surface area contributed by atoms with E-state index in [1.54, 1.807) is 11.1 Å². The van der Waals surface area contributed by atoms with Gasteiger partial charge >= 0.3 is 26.2 Å². The van der Waals surface area contributed by atoms with Gasteiger partial charge in [-0.1, -0.05) is 59.7 Å². The fraction of sp³-hybridized carbons (Fsp3) is 0.500. The minimum atomic E-state index is -1.34. The van der Waals surface area contributed by atoms with Gasteiger partial charge in [-0.3, -0.25) is 0 Å². The van der Waals surface area contributed by atoms with Gasteiger partial charge in [0.25, 0.3) is 0 Å². The maximum atomic E-state index is 2.54. The molecule has 0 radical (unpaired) electrons. The van der Waals surface area contributed by atoms with E-state index < -0.39 is 8.07 Å². The minimum absolute atomic E-state index is 0. The number of allylic oxidation sites excluding steroid dienone is 8. The zero-order chi connectivity index (χ0) is 12.8. The molecule has 2 atom stereocenters. The Labute approximate surface area is 156 Å². The van der Waals surface area contributed by atoms with Gasteiger partial charge in [0.2, 0.25) is 0 Å². The molecule has 0 amide bonds. The molecule has 0 aromatic carbocycles. The van der Waals surface area contributed by atoms with Crippen LogP contribution in [-0.4, -0.2) is 8.07 Å². The Balaban J connectivity index is 0. The molecule has 0 fully saturated rings. The molecule has 0 N–H and O–H groups in total. The van der Waals surface area contributed by atoms with Crippen molar-refractivity contribution in [3.05, 3.63) is 46.6 Å². The molecular formula is C16H24Cl2SiZr. The van der Waals surface area contributed by atoms with Crippen LogP contribution in [0.25, 0.3) is 0 Å². The van der Waals surface area contributed by atoms with Crippen LogP contribution in [0.4, 0.5) is 0 Å². The predicted octanol–water partition coefficient (Wildman–Crippen LogP) is -0.747. The van der Waals surface area contributed by atoms with Gasteiger partial charge in [-0.25, -0.2) is 0 Å². The van der Waals surface area contributed by atoms with Crippen molar-refractivity contribution in [2.75, 3.05) is 0 Å². The van der Waals surface area contributed by atoms with Crippen molar-refractivity contribution in [3.8, 4) is 0 Å². The number of hydrogen-bond acceptors (Lipinski definition) is 0. The van der Waals surface area contributed by atoms with E-state index in [9.17, 15) is 0 Å². The fourth-order valence-electron chi connectivity index (χ4n) is 3.33. The van der Waals surface area contributed by atoms with E-state index in [0.717, 1.165) is 11.1 Å². The van der Waals surface area contributed by atoms with Gasteiger partial charge in [-0.15, -0.1) is 0 Å². The van der Waals surface area contributed by atoms with Gasteiger partial charge in [0.1, 0.15) is 0 Å². The van der Waals surface area contributed by atoms with Crippen molar-refractivity contribution in [1.82, 2.24) is 0 Å². The first-order valence-corrected chi connectivity index (χ1v) is 9.72. The number of rotatable bonds is 2. The van der Waals surface area contributed by atoms with E-state index in [-0.39, 0.29) is 51.0 Å². The molecule has 20 heavy (non-hydrogen) atoms. The van der Waals surface area contributed by atoms with Crippen LogP contribution in [0.1, 0.15) is 27.7 Å². The zero-order valence-corrected chi connectivity index (χ0v) is 18.2. The zero-order valence-electron chi connectivity index (χ0n) is 13.2. The van der Waals surface area contributed by atoms with Crippen LogP contribution in [0.5, 0.6) is 0 Å². The Morgan fingerprint density at radius 2 is 1.05 bits per heavy atom. The van der Waals surface area contributed by atoms with Gasteiger partial charge < -0.3 is 24.8 Å². The van der Waals surface area contributed by atoms with Crippen LogP contribution < -0.4 is 24.8 Å². The van der Waals surface area contributed by atoms with E-state index >= 15 is 0 Å². The number of halogens is 2. The summed E-state index contributed by atoms with van der Waals surface area (Å²) < 4.78 is 0. The Kier molecular flexibility index (Phi) is 9.53. The normalized spacial score (nSPS) is 24.5. The second kappa shape index (κ2) is 8.32. The molecule has 2 unspecified atom stereocenters. The second-order valence-electron chi connectivity index (χ2n) is 6.23. The Hall–Kier alpha value is 0.640. The fourth-order valence-corrected chi connectivity index (χ4v) is 7.59. The summed E-state index contributed by atoms with van der Waals surface area (Å²) in [7, 11) is -1.34. The molecule has 0 spiro atoms. The Morgan fingerprint density at radius 3 is 1.25 bits per heavy atom. The van der Waals surface area contributed by atoms with E-state index in [0.29, 0.717) is 0 Å². The van der Waals surface area contributed by atoms with E-state index in [4.69, 9.17) is 0 Å². The van der Waals surface area contributed by atoms with E-state index in [2.05, 4.69) is 65.1 Å². The summed E-state index contributed by atoms with van der Waals surface area (Å²) in [5, 5.41) is 0. The van der Waals surface area contributed by atoms with Gasteiger partial charge in [-0.05, 0) is 38.8 Å². The first kappa shape index (κ1) is 22.9. The van der Waals surface area contributed by atoms with Crippen LogP contribution in [0.15, 0.2) is 46.6 Å². The summed E-state index contributed by atoms with van der Waals surface area (Å²) in [6.07, 6.45) is 9.54. The average Bonchev–Trinajstić information content (AvgIpc) is 2.75. The maximum absolute atomic E-state index is 2.54. The summed E-state index contributed by atoms with van der Waals surface area (Å²) in [6.45, 7) is 14.2. The molecule has 0 heterocycles. The summed E-state index contributed by atoms with van der Waals surface area (Å²) in [4.78, 5) is 0. The summed E-state index contributed by atoms with van der Waals surface area (Å²) in [6, 6.07) is 0. The third-order valence-electron chi connectivity index (χ3n) is 4.86. The molecule has 2 rings (SSSR count). The molecule has 0 nitrogen and oxygen atoms in total. The average molecular weight is 407 g/mol. The molecular weight excluding hydrogens is 382 g/mol. The quantitative estimate of drug-likeness (QED) is 0.530. The standard InChI is InChI=1S/C16H24Si.2ClH.Zr/c1-11-7-9-15(13(11)3)17(5,6)16-10-8-12(2)14(16)4;;;/h7-10,15-16H,1-6H3;2*1H;/q;;;+2/p-2. The molecule has 0 aliphatic heterocycles. The van der Waals surface area contributed by atoms with Gasteiger partial charge in [-0.2, -0.15) is 0 Å². The van der Waals surface area contributed by atoms with Crippen molar-refractivity contribution in [2.24, 2.45) is 0 Å². The molecule has 0 saturated heterocycles. The largest absolute Gasteiger partial charge is 2.00 e. The molecule has 2 aliphatic rings. The van der Waals surface area contributed by atoms with Crippen LogP contribution in [0, 0.1) is 0 Å². The van der Waals surface area contributed by atoms with E-state index in [1.807, 2.05) is 0 Å². The van der Waals surface area contributed by atoms with Crippen molar-refractivity contribution in [2.45, 2.75) is 51.9 Å². The van der Waals surface area contributed by atoms with Crippen LogP contribution in [0.3, 0.4) is 0 Å².